The minimum Gasteiger partial charge on any atom is -0.352 e. The summed E-state index contributed by atoms with van der Waals surface area (Å²) in [6.07, 6.45) is 4.63. The van der Waals surface area contributed by atoms with Crippen LogP contribution < -0.4 is 9.62 Å². The predicted octanol–water partition coefficient (Wildman–Crippen LogP) is 4.11. The summed E-state index contributed by atoms with van der Waals surface area (Å²) in [6.45, 7) is 5.51. The number of amides is 1. The highest BCUT2D eigenvalue weighted by atomic mass is 32.2. The van der Waals surface area contributed by atoms with Gasteiger partial charge in [-0.05, 0) is 81.2 Å². The van der Waals surface area contributed by atoms with Crippen molar-refractivity contribution in [2.45, 2.75) is 57.4 Å². The molecule has 4 rings (SSSR count). The molecule has 2 fully saturated rings. The Morgan fingerprint density at radius 2 is 1.70 bits per heavy atom. The van der Waals surface area contributed by atoms with Crippen molar-refractivity contribution in [1.82, 2.24) is 5.32 Å². The molecule has 0 heterocycles. The normalized spacial score (nSPS) is 22.8. The van der Waals surface area contributed by atoms with Gasteiger partial charge in [0, 0.05) is 6.04 Å². The van der Waals surface area contributed by atoms with Crippen LogP contribution in [-0.4, -0.2) is 26.9 Å². The van der Waals surface area contributed by atoms with Gasteiger partial charge in [-0.3, -0.25) is 9.10 Å². The summed E-state index contributed by atoms with van der Waals surface area (Å²) in [5.74, 6) is 1.03. The number of hydrogen-bond acceptors (Lipinski definition) is 3. The Balaban J connectivity index is 1.64. The fourth-order valence-electron chi connectivity index (χ4n) is 4.93. The van der Waals surface area contributed by atoms with Crippen LogP contribution in [0.3, 0.4) is 0 Å². The monoisotopic (exact) mass is 426 g/mol. The molecule has 30 heavy (non-hydrogen) atoms. The van der Waals surface area contributed by atoms with Crippen LogP contribution in [0.15, 0.2) is 47.4 Å². The van der Waals surface area contributed by atoms with Crippen molar-refractivity contribution in [1.29, 1.82) is 0 Å². The van der Waals surface area contributed by atoms with Gasteiger partial charge in [-0.2, -0.15) is 0 Å². The Labute approximate surface area is 179 Å². The average Bonchev–Trinajstić information content (AvgIpc) is 3.31. The lowest BCUT2D eigenvalue weighted by Crippen LogP contribution is -2.46. The van der Waals surface area contributed by atoms with E-state index >= 15 is 0 Å². The van der Waals surface area contributed by atoms with Gasteiger partial charge < -0.3 is 5.32 Å². The number of sulfonamides is 1. The summed E-state index contributed by atoms with van der Waals surface area (Å²) < 4.78 is 28.4. The van der Waals surface area contributed by atoms with E-state index in [2.05, 4.69) is 5.32 Å². The number of aryl methyl sites for hydroxylation is 3. The van der Waals surface area contributed by atoms with Crippen molar-refractivity contribution in [3.05, 3.63) is 59.2 Å². The average molecular weight is 427 g/mol. The van der Waals surface area contributed by atoms with E-state index in [-0.39, 0.29) is 23.4 Å². The molecule has 1 amide bonds. The van der Waals surface area contributed by atoms with Gasteiger partial charge in [0.1, 0.15) is 6.54 Å². The largest absolute Gasteiger partial charge is 0.352 e. The van der Waals surface area contributed by atoms with Crippen LogP contribution >= 0.6 is 0 Å². The lowest BCUT2D eigenvalue weighted by atomic mass is 9.95. The van der Waals surface area contributed by atoms with E-state index in [9.17, 15) is 13.2 Å². The SMILES string of the molecule is Cc1ccc(S(=O)(=O)N(CC(=O)N[C@H]2C[C@@H]3CC[C@@H]2C3)c2cc(C)ccc2C)cc1. The minimum absolute atomic E-state index is 0.179. The van der Waals surface area contributed by atoms with Crippen LogP contribution in [0.5, 0.6) is 0 Å². The second-order valence-corrected chi connectivity index (χ2v) is 10.8. The van der Waals surface area contributed by atoms with Gasteiger partial charge in [0.2, 0.25) is 5.91 Å². The van der Waals surface area contributed by atoms with Crippen molar-refractivity contribution in [2.24, 2.45) is 11.8 Å². The smallest absolute Gasteiger partial charge is 0.264 e. The third-order valence-electron chi connectivity index (χ3n) is 6.61. The maximum Gasteiger partial charge on any atom is 0.264 e. The second kappa shape index (κ2) is 8.06. The van der Waals surface area contributed by atoms with Crippen LogP contribution in [0, 0.1) is 32.6 Å². The van der Waals surface area contributed by atoms with Crippen LogP contribution in [0.25, 0.3) is 0 Å². The summed E-state index contributed by atoms with van der Waals surface area (Å²) in [7, 11) is -3.88. The number of nitrogens with one attached hydrogen (secondary N) is 1. The van der Waals surface area contributed by atoms with E-state index < -0.39 is 10.0 Å². The molecule has 1 N–H and O–H groups in total. The quantitative estimate of drug-likeness (QED) is 0.756. The second-order valence-electron chi connectivity index (χ2n) is 8.96. The number of rotatable bonds is 6. The topological polar surface area (TPSA) is 66.5 Å². The lowest BCUT2D eigenvalue weighted by Gasteiger charge is -2.28. The fourth-order valence-corrected chi connectivity index (χ4v) is 6.41. The summed E-state index contributed by atoms with van der Waals surface area (Å²) in [6, 6.07) is 12.6. The Morgan fingerprint density at radius 3 is 2.33 bits per heavy atom. The van der Waals surface area contributed by atoms with Gasteiger partial charge in [-0.25, -0.2) is 8.42 Å². The van der Waals surface area contributed by atoms with Crippen molar-refractivity contribution < 1.29 is 13.2 Å². The third kappa shape index (κ3) is 4.10. The van der Waals surface area contributed by atoms with Crippen molar-refractivity contribution in [3.63, 3.8) is 0 Å². The fraction of sp³-hybridized carbons (Fsp3) is 0.458. The highest BCUT2D eigenvalue weighted by Gasteiger charge is 2.40. The molecule has 2 aromatic carbocycles. The maximum atomic E-state index is 13.6. The molecule has 2 aliphatic rings. The first-order valence-corrected chi connectivity index (χ1v) is 12.1. The maximum absolute atomic E-state index is 13.6. The molecule has 0 aliphatic heterocycles. The molecule has 160 valence electrons. The number of nitrogens with zero attached hydrogens (tertiary/aromatic N) is 1. The highest BCUT2D eigenvalue weighted by Crippen LogP contribution is 2.44. The van der Waals surface area contributed by atoms with E-state index in [0.29, 0.717) is 17.5 Å². The number of anilines is 1. The van der Waals surface area contributed by atoms with Crippen molar-refractivity contribution in [3.8, 4) is 0 Å². The summed E-state index contributed by atoms with van der Waals surface area (Å²) in [5, 5.41) is 3.13. The van der Waals surface area contributed by atoms with E-state index in [0.717, 1.165) is 29.5 Å². The molecule has 0 unspecified atom stereocenters. The van der Waals surface area contributed by atoms with Gasteiger partial charge >= 0.3 is 0 Å². The minimum atomic E-state index is -3.88. The number of fused-ring (bicyclic) bond motifs is 2. The number of hydrogen-bond donors (Lipinski definition) is 1. The Morgan fingerprint density at radius 1 is 1.00 bits per heavy atom. The van der Waals surface area contributed by atoms with Gasteiger partial charge in [-0.1, -0.05) is 36.2 Å². The van der Waals surface area contributed by atoms with Gasteiger partial charge in [-0.15, -0.1) is 0 Å². The van der Waals surface area contributed by atoms with Gasteiger partial charge in [0.15, 0.2) is 0 Å². The summed E-state index contributed by atoms with van der Waals surface area (Å²) >= 11 is 0. The first-order valence-electron chi connectivity index (χ1n) is 10.7. The van der Waals surface area contributed by atoms with Crippen LogP contribution in [0.2, 0.25) is 0 Å². The molecule has 5 nitrogen and oxygen atoms in total. The standard InChI is InChI=1S/C24H30N2O3S/c1-16-5-10-21(11-6-16)30(28,29)26(23-12-17(2)4-7-18(23)3)15-24(27)25-22-14-19-8-9-20(22)13-19/h4-7,10-12,19-20,22H,8-9,13-15H2,1-3H3,(H,25,27)/t19-,20-,22+/m1/s1. The van der Waals surface area contributed by atoms with E-state index in [1.165, 1.54) is 17.1 Å². The Kier molecular flexibility index (Phi) is 5.62. The number of benzene rings is 2. The zero-order valence-electron chi connectivity index (χ0n) is 17.9. The van der Waals surface area contributed by atoms with Gasteiger partial charge in [0.25, 0.3) is 10.0 Å². The molecule has 2 aromatic rings. The van der Waals surface area contributed by atoms with Crippen molar-refractivity contribution >= 4 is 21.6 Å². The number of carbonyl (C=O) groups is 1. The Bertz CT molecular complexity index is 1050. The molecule has 0 aromatic heterocycles. The zero-order valence-corrected chi connectivity index (χ0v) is 18.7. The highest BCUT2D eigenvalue weighted by molar-refractivity contribution is 7.92. The van der Waals surface area contributed by atoms with Crippen molar-refractivity contribution in [2.75, 3.05) is 10.8 Å². The molecule has 3 atom stereocenters. The summed E-state index contributed by atoms with van der Waals surface area (Å²) in [4.78, 5) is 13.2. The van der Waals surface area contributed by atoms with Crippen LogP contribution in [-0.2, 0) is 14.8 Å². The van der Waals surface area contributed by atoms with E-state index in [1.807, 2.05) is 39.0 Å². The molecule has 2 saturated carbocycles. The molecule has 0 spiro atoms. The first-order chi connectivity index (χ1) is 14.2. The molecule has 0 saturated heterocycles. The molecule has 6 heteroatoms. The third-order valence-corrected chi connectivity index (χ3v) is 8.39. The zero-order chi connectivity index (χ0) is 21.5. The molecule has 0 radical (unpaired) electrons. The lowest BCUT2D eigenvalue weighted by molar-refractivity contribution is -0.120. The summed E-state index contributed by atoms with van der Waals surface area (Å²) in [5.41, 5.74) is 3.32. The first kappa shape index (κ1) is 20.9. The van der Waals surface area contributed by atoms with E-state index in [4.69, 9.17) is 0 Å². The van der Waals surface area contributed by atoms with E-state index in [1.54, 1.807) is 24.3 Å². The molecule has 2 bridgehead atoms. The predicted molar refractivity (Wildman–Crippen MR) is 119 cm³/mol. The van der Waals surface area contributed by atoms with Gasteiger partial charge in [0.05, 0.1) is 10.6 Å². The number of carbonyl (C=O) groups excluding carboxylic acids is 1. The molecular formula is C24H30N2O3S. The molecule has 2 aliphatic carbocycles. The Hall–Kier alpha value is -2.34. The van der Waals surface area contributed by atoms with Crippen LogP contribution in [0.1, 0.15) is 42.4 Å². The van der Waals surface area contributed by atoms with Crippen LogP contribution in [0.4, 0.5) is 5.69 Å². The molecular weight excluding hydrogens is 396 g/mol.